The standard InChI is InChI=1S/C19H23N3O2/c1-3-23-17-10-6-7-11-18(17)24-13-12-22(2)14-19-20-15-8-4-5-9-16(15)21-19/h4-11H,3,12-14H2,1-2H3,(H,20,21). The van der Waals surface area contributed by atoms with Crippen LogP contribution in [0.2, 0.25) is 0 Å². The number of H-pyrrole nitrogens is 1. The summed E-state index contributed by atoms with van der Waals surface area (Å²) in [5, 5.41) is 0. The fourth-order valence-electron chi connectivity index (χ4n) is 2.57. The molecule has 0 atom stereocenters. The van der Waals surface area contributed by atoms with Crippen molar-refractivity contribution in [1.29, 1.82) is 0 Å². The largest absolute Gasteiger partial charge is 0.490 e. The Labute approximate surface area is 142 Å². The Morgan fingerprint density at radius 2 is 1.71 bits per heavy atom. The molecule has 1 heterocycles. The van der Waals surface area contributed by atoms with E-state index in [4.69, 9.17) is 9.47 Å². The Morgan fingerprint density at radius 1 is 1.00 bits per heavy atom. The van der Waals surface area contributed by atoms with E-state index in [0.717, 1.165) is 41.4 Å². The minimum atomic E-state index is 0.598. The summed E-state index contributed by atoms with van der Waals surface area (Å²) in [6.07, 6.45) is 0. The summed E-state index contributed by atoms with van der Waals surface area (Å²) in [6, 6.07) is 15.8. The van der Waals surface area contributed by atoms with E-state index in [1.54, 1.807) is 0 Å². The van der Waals surface area contributed by atoms with Crippen molar-refractivity contribution in [3.05, 3.63) is 54.4 Å². The van der Waals surface area contributed by atoms with Gasteiger partial charge in [-0.25, -0.2) is 4.98 Å². The van der Waals surface area contributed by atoms with Crippen molar-refractivity contribution in [3.63, 3.8) is 0 Å². The molecule has 1 N–H and O–H groups in total. The van der Waals surface area contributed by atoms with Crippen molar-refractivity contribution in [1.82, 2.24) is 14.9 Å². The van der Waals surface area contributed by atoms with Crippen molar-refractivity contribution >= 4 is 11.0 Å². The van der Waals surface area contributed by atoms with Crippen LogP contribution in [0.3, 0.4) is 0 Å². The number of fused-ring (bicyclic) bond motifs is 1. The molecular formula is C19H23N3O2. The van der Waals surface area contributed by atoms with Gasteiger partial charge in [-0.3, -0.25) is 4.90 Å². The summed E-state index contributed by atoms with van der Waals surface area (Å²) < 4.78 is 11.4. The number of hydrogen-bond acceptors (Lipinski definition) is 4. The highest BCUT2D eigenvalue weighted by molar-refractivity contribution is 5.74. The molecule has 2 aromatic carbocycles. The molecule has 0 radical (unpaired) electrons. The minimum Gasteiger partial charge on any atom is -0.490 e. The maximum atomic E-state index is 5.86. The summed E-state index contributed by atoms with van der Waals surface area (Å²) in [5.74, 6) is 2.55. The zero-order valence-corrected chi connectivity index (χ0v) is 14.2. The molecule has 5 heteroatoms. The molecule has 0 saturated carbocycles. The first-order chi connectivity index (χ1) is 11.8. The third kappa shape index (κ3) is 4.06. The lowest BCUT2D eigenvalue weighted by atomic mass is 10.3. The number of aromatic amines is 1. The average molecular weight is 325 g/mol. The molecule has 0 spiro atoms. The Balaban J connectivity index is 1.51. The smallest absolute Gasteiger partial charge is 0.161 e. The van der Waals surface area contributed by atoms with Gasteiger partial charge in [0.1, 0.15) is 12.4 Å². The van der Waals surface area contributed by atoms with Crippen molar-refractivity contribution in [2.45, 2.75) is 13.5 Å². The van der Waals surface area contributed by atoms with Gasteiger partial charge in [0.15, 0.2) is 11.5 Å². The van der Waals surface area contributed by atoms with Gasteiger partial charge in [0.25, 0.3) is 0 Å². The monoisotopic (exact) mass is 325 g/mol. The third-order valence-electron chi connectivity index (χ3n) is 3.74. The summed E-state index contributed by atoms with van der Waals surface area (Å²) in [7, 11) is 2.06. The number of ether oxygens (including phenoxy) is 2. The van der Waals surface area contributed by atoms with Crippen molar-refractivity contribution in [3.8, 4) is 11.5 Å². The molecule has 0 aliphatic heterocycles. The van der Waals surface area contributed by atoms with E-state index in [-0.39, 0.29) is 0 Å². The number of nitrogens with one attached hydrogen (secondary N) is 1. The van der Waals surface area contributed by atoms with Crippen LogP contribution in [0.1, 0.15) is 12.7 Å². The Kier molecular flexibility index (Phi) is 5.33. The highest BCUT2D eigenvalue weighted by atomic mass is 16.5. The zero-order valence-electron chi connectivity index (χ0n) is 14.2. The lowest BCUT2D eigenvalue weighted by Gasteiger charge is -2.16. The number of rotatable bonds is 8. The number of imidazole rings is 1. The van der Waals surface area contributed by atoms with Crippen LogP contribution in [0.15, 0.2) is 48.5 Å². The van der Waals surface area contributed by atoms with Crippen LogP contribution < -0.4 is 9.47 Å². The second-order valence-corrected chi connectivity index (χ2v) is 5.67. The minimum absolute atomic E-state index is 0.598. The van der Waals surface area contributed by atoms with E-state index in [0.29, 0.717) is 13.2 Å². The lowest BCUT2D eigenvalue weighted by Crippen LogP contribution is -2.24. The first-order valence-corrected chi connectivity index (χ1v) is 8.23. The quantitative estimate of drug-likeness (QED) is 0.689. The van der Waals surface area contributed by atoms with Gasteiger partial charge in [-0.15, -0.1) is 0 Å². The molecule has 0 bridgehead atoms. The Morgan fingerprint density at radius 3 is 2.46 bits per heavy atom. The summed E-state index contributed by atoms with van der Waals surface area (Å²) in [4.78, 5) is 10.1. The number of aromatic nitrogens is 2. The van der Waals surface area contributed by atoms with Crippen LogP contribution in [-0.4, -0.2) is 41.7 Å². The molecule has 126 valence electrons. The molecular weight excluding hydrogens is 302 g/mol. The Hall–Kier alpha value is -2.53. The van der Waals surface area contributed by atoms with Crippen molar-refractivity contribution < 1.29 is 9.47 Å². The molecule has 1 aromatic heterocycles. The van der Waals surface area contributed by atoms with Gasteiger partial charge >= 0.3 is 0 Å². The first-order valence-electron chi connectivity index (χ1n) is 8.23. The predicted molar refractivity (Wildman–Crippen MR) is 95.5 cm³/mol. The van der Waals surface area contributed by atoms with Gasteiger partial charge in [-0.1, -0.05) is 24.3 Å². The second-order valence-electron chi connectivity index (χ2n) is 5.67. The van der Waals surface area contributed by atoms with E-state index in [1.165, 1.54) is 0 Å². The SMILES string of the molecule is CCOc1ccccc1OCCN(C)Cc1nc2ccccc2[nH]1. The van der Waals surface area contributed by atoms with Gasteiger partial charge in [-0.2, -0.15) is 0 Å². The second kappa shape index (κ2) is 7.84. The molecule has 3 rings (SSSR count). The van der Waals surface area contributed by atoms with Crippen LogP contribution in [0, 0.1) is 0 Å². The average Bonchev–Trinajstić information content (AvgIpc) is 2.98. The normalized spacial score (nSPS) is 11.1. The van der Waals surface area contributed by atoms with Crippen LogP contribution >= 0.6 is 0 Å². The highest BCUT2D eigenvalue weighted by Gasteiger charge is 2.07. The molecule has 0 unspecified atom stereocenters. The summed E-state index contributed by atoms with van der Waals surface area (Å²) in [6.45, 7) is 4.76. The van der Waals surface area contributed by atoms with Crippen LogP contribution in [0.4, 0.5) is 0 Å². The fourth-order valence-corrected chi connectivity index (χ4v) is 2.57. The molecule has 0 amide bonds. The maximum absolute atomic E-state index is 5.86. The van der Waals surface area contributed by atoms with Crippen LogP contribution in [-0.2, 0) is 6.54 Å². The molecule has 5 nitrogen and oxygen atoms in total. The van der Waals surface area contributed by atoms with Crippen molar-refractivity contribution in [2.24, 2.45) is 0 Å². The van der Waals surface area contributed by atoms with E-state index < -0.39 is 0 Å². The zero-order chi connectivity index (χ0) is 16.8. The molecule has 0 aliphatic carbocycles. The number of likely N-dealkylation sites (N-methyl/N-ethyl adjacent to an activating group) is 1. The number of para-hydroxylation sites is 4. The molecule has 24 heavy (non-hydrogen) atoms. The first kappa shape index (κ1) is 16.3. The van der Waals surface area contributed by atoms with E-state index in [2.05, 4.69) is 21.9 Å². The third-order valence-corrected chi connectivity index (χ3v) is 3.74. The fraction of sp³-hybridized carbons (Fsp3) is 0.316. The molecule has 0 saturated heterocycles. The highest BCUT2D eigenvalue weighted by Crippen LogP contribution is 2.26. The van der Waals surface area contributed by atoms with E-state index in [1.807, 2.05) is 55.5 Å². The van der Waals surface area contributed by atoms with Gasteiger partial charge in [0, 0.05) is 6.54 Å². The molecule has 3 aromatic rings. The summed E-state index contributed by atoms with van der Waals surface area (Å²) in [5.41, 5.74) is 2.07. The number of nitrogens with zero attached hydrogens (tertiary/aromatic N) is 2. The molecule has 0 fully saturated rings. The van der Waals surface area contributed by atoms with Crippen LogP contribution in [0.25, 0.3) is 11.0 Å². The van der Waals surface area contributed by atoms with Gasteiger partial charge in [-0.05, 0) is 38.2 Å². The Bertz CT molecular complexity index is 752. The van der Waals surface area contributed by atoms with E-state index >= 15 is 0 Å². The summed E-state index contributed by atoms with van der Waals surface area (Å²) >= 11 is 0. The topological polar surface area (TPSA) is 50.4 Å². The lowest BCUT2D eigenvalue weighted by molar-refractivity contribution is 0.220. The number of hydrogen-bond donors (Lipinski definition) is 1. The van der Waals surface area contributed by atoms with Crippen LogP contribution in [0.5, 0.6) is 11.5 Å². The number of benzene rings is 2. The van der Waals surface area contributed by atoms with E-state index in [9.17, 15) is 0 Å². The molecule has 0 aliphatic rings. The maximum Gasteiger partial charge on any atom is 0.161 e. The van der Waals surface area contributed by atoms with Gasteiger partial charge in [0.05, 0.1) is 24.2 Å². The predicted octanol–water partition coefficient (Wildman–Crippen LogP) is 3.47. The van der Waals surface area contributed by atoms with Crippen molar-refractivity contribution in [2.75, 3.05) is 26.8 Å². The van der Waals surface area contributed by atoms with Gasteiger partial charge in [0.2, 0.25) is 0 Å². The van der Waals surface area contributed by atoms with Gasteiger partial charge < -0.3 is 14.5 Å².